The summed E-state index contributed by atoms with van der Waals surface area (Å²) in [5, 5.41) is 4.25. The summed E-state index contributed by atoms with van der Waals surface area (Å²) in [5.41, 5.74) is 1.14. The molecule has 0 aromatic carbocycles. The molecule has 0 atom stereocenters. The molecule has 2 heterocycles. The van der Waals surface area contributed by atoms with E-state index >= 15 is 0 Å². The molecule has 0 aliphatic heterocycles. The Morgan fingerprint density at radius 2 is 2.18 bits per heavy atom. The molecule has 0 spiro atoms. The second-order valence-corrected chi connectivity index (χ2v) is 7.94. The summed E-state index contributed by atoms with van der Waals surface area (Å²) in [7, 11) is 0. The molecule has 2 N–H and O–H groups in total. The molecule has 116 valence electrons. The smallest absolute Gasteiger partial charge is 0.260 e. The van der Waals surface area contributed by atoms with E-state index in [0.29, 0.717) is 17.0 Å². The molecule has 2 aromatic heterocycles. The minimum Gasteiger partial charge on any atom is -0.353 e. The third-order valence-corrected chi connectivity index (χ3v) is 6.14. The minimum absolute atomic E-state index is 0.0146. The van der Waals surface area contributed by atoms with Gasteiger partial charge in [0, 0.05) is 10.9 Å². The minimum atomic E-state index is -0.0606. The lowest BCUT2D eigenvalue weighted by molar-refractivity contribution is -0.118. The van der Waals surface area contributed by atoms with E-state index < -0.39 is 0 Å². The number of amides is 1. The number of thiophene rings is 1. The maximum Gasteiger partial charge on any atom is 0.260 e. The van der Waals surface area contributed by atoms with E-state index in [1.54, 1.807) is 11.3 Å². The first-order chi connectivity index (χ1) is 10.7. The molecule has 0 saturated heterocycles. The average Bonchev–Trinajstić information content (AvgIpc) is 3.22. The summed E-state index contributed by atoms with van der Waals surface area (Å²) in [6.07, 6.45) is 6.55. The molecule has 4 rings (SSSR count). The number of carbonyl (C=O) groups excluding carboxylic acids is 1. The number of hydrogen-bond acceptors (Lipinski definition) is 5. The molecule has 1 saturated carbocycles. The lowest BCUT2D eigenvalue weighted by atomic mass is 9.97. The van der Waals surface area contributed by atoms with Gasteiger partial charge in [0.1, 0.15) is 4.83 Å². The normalized spacial score (nSPS) is 17.5. The molecular formula is C15H17N3O2S2. The van der Waals surface area contributed by atoms with E-state index in [4.69, 9.17) is 0 Å². The maximum absolute atomic E-state index is 12.4. The molecule has 7 heteroatoms. The van der Waals surface area contributed by atoms with Crippen LogP contribution in [-0.2, 0) is 17.6 Å². The number of aryl methyl sites for hydroxylation is 2. The number of rotatable bonds is 4. The predicted molar refractivity (Wildman–Crippen MR) is 88.8 cm³/mol. The van der Waals surface area contributed by atoms with E-state index in [0.717, 1.165) is 42.3 Å². The first kappa shape index (κ1) is 14.3. The molecule has 22 heavy (non-hydrogen) atoms. The lowest BCUT2D eigenvalue weighted by Crippen LogP contribution is -2.27. The van der Waals surface area contributed by atoms with Crippen LogP contribution in [0.4, 0.5) is 0 Å². The van der Waals surface area contributed by atoms with Crippen molar-refractivity contribution in [2.45, 2.75) is 49.7 Å². The molecule has 1 fully saturated rings. The molecule has 2 aromatic rings. The first-order valence-corrected chi connectivity index (χ1v) is 9.47. The fraction of sp³-hybridized carbons (Fsp3) is 0.533. The molecule has 0 radical (unpaired) electrons. The van der Waals surface area contributed by atoms with Gasteiger partial charge >= 0.3 is 0 Å². The van der Waals surface area contributed by atoms with Crippen molar-refractivity contribution in [3.8, 4) is 0 Å². The molecule has 1 amide bonds. The van der Waals surface area contributed by atoms with Crippen molar-refractivity contribution >= 4 is 39.2 Å². The van der Waals surface area contributed by atoms with Crippen LogP contribution in [0.15, 0.2) is 9.95 Å². The van der Waals surface area contributed by atoms with Crippen LogP contribution in [0.3, 0.4) is 0 Å². The maximum atomic E-state index is 12.4. The third-order valence-electron chi connectivity index (χ3n) is 4.09. The number of aromatic amines is 1. The fourth-order valence-corrected chi connectivity index (χ4v) is 4.84. The van der Waals surface area contributed by atoms with Crippen molar-refractivity contribution < 1.29 is 4.79 Å². The van der Waals surface area contributed by atoms with Crippen LogP contribution in [0.2, 0.25) is 0 Å². The Morgan fingerprint density at radius 1 is 1.36 bits per heavy atom. The van der Waals surface area contributed by atoms with Crippen molar-refractivity contribution in [1.82, 2.24) is 15.3 Å². The van der Waals surface area contributed by atoms with Crippen LogP contribution < -0.4 is 10.9 Å². The summed E-state index contributed by atoms with van der Waals surface area (Å²) in [6, 6.07) is 0.367. The lowest BCUT2D eigenvalue weighted by Gasteiger charge is -2.09. The Kier molecular flexibility index (Phi) is 3.69. The summed E-state index contributed by atoms with van der Waals surface area (Å²) in [6.45, 7) is 0. The Bertz CT molecular complexity index is 792. The van der Waals surface area contributed by atoms with Gasteiger partial charge in [0.05, 0.1) is 11.1 Å². The Balaban J connectivity index is 1.57. The van der Waals surface area contributed by atoms with Gasteiger partial charge in [-0.3, -0.25) is 9.59 Å². The number of fused-ring (bicyclic) bond motifs is 3. The van der Waals surface area contributed by atoms with E-state index in [-0.39, 0.29) is 11.5 Å². The number of nitrogens with zero attached hydrogens (tertiary/aromatic N) is 1. The molecular weight excluding hydrogens is 318 g/mol. The van der Waals surface area contributed by atoms with E-state index in [1.807, 2.05) is 0 Å². The SMILES string of the molecule is O=C(CSc1nc2sc3c(c2c(=O)[nH]1)CCCC3)NC1CC1. The first-order valence-electron chi connectivity index (χ1n) is 7.67. The second kappa shape index (κ2) is 5.70. The number of H-pyrrole nitrogens is 1. The van der Waals surface area contributed by atoms with Crippen molar-refractivity contribution in [3.05, 3.63) is 20.8 Å². The molecule has 0 unspecified atom stereocenters. The Morgan fingerprint density at radius 3 is 3.00 bits per heavy atom. The zero-order valence-corrected chi connectivity index (χ0v) is 13.7. The molecule has 5 nitrogen and oxygen atoms in total. The van der Waals surface area contributed by atoms with Crippen LogP contribution in [0.25, 0.3) is 10.2 Å². The summed E-state index contributed by atoms with van der Waals surface area (Å²) < 4.78 is 0. The third kappa shape index (κ3) is 2.79. The Hall–Kier alpha value is -1.34. The van der Waals surface area contributed by atoms with Crippen LogP contribution >= 0.6 is 23.1 Å². The standard InChI is InChI=1S/C15H17N3O2S2/c19-11(16-8-5-6-8)7-21-15-17-13(20)12-9-3-1-2-4-10(9)22-14(12)18-15/h8H,1-7H2,(H,16,19)(H,17,18,20). The summed E-state index contributed by atoms with van der Waals surface area (Å²) >= 11 is 2.94. The van der Waals surface area contributed by atoms with Gasteiger partial charge in [0.25, 0.3) is 5.56 Å². The summed E-state index contributed by atoms with van der Waals surface area (Å²) in [4.78, 5) is 33.6. The highest BCUT2D eigenvalue weighted by Crippen LogP contribution is 2.34. The van der Waals surface area contributed by atoms with Crippen LogP contribution in [-0.4, -0.2) is 27.7 Å². The monoisotopic (exact) mass is 335 g/mol. The van der Waals surface area contributed by atoms with Crippen LogP contribution in [0, 0.1) is 0 Å². The highest BCUT2D eigenvalue weighted by Gasteiger charge is 2.23. The van der Waals surface area contributed by atoms with Crippen LogP contribution in [0.5, 0.6) is 0 Å². The molecule has 0 bridgehead atoms. The number of aromatic nitrogens is 2. The predicted octanol–water partition coefficient (Wildman–Crippen LogP) is 2.23. The van der Waals surface area contributed by atoms with Gasteiger partial charge in [0.2, 0.25) is 5.91 Å². The fourth-order valence-electron chi connectivity index (χ4n) is 2.84. The highest BCUT2D eigenvalue weighted by molar-refractivity contribution is 7.99. The number of hydrogen-bond donors (Lipinski definition) is 2. The number of thioether (sulfide) groups is 1. The Labute approximate surface area is 135 Å². The van der Waals surface area contributed by atoms with Crippen molar-refractivity contribution in [3.63, 3.8) is 0 Å². The largest absolute Gasteiger partial charge is 0.353 e. The highest BCUT2D eigenvalue weighted by atomic mass is 32.2. The van der Waals surface area contributed by atoms with Crippen molar-refractivity contribution in [2.24, 2.45) is 0 Å². The molecule has 2 aliphatic rings. The van der Waals surface area contributed by atoms with E-state index in [2.05, 4.69) is 15.3 Å². The van der Waals surface area contributed by atoms with Crippen LogP contribution in [0.1, 0.15) is 36.1 Å². The second-order valence-electron chi connectivity index (χ2n) is 5.89. The van der Waals surface area contributed by atoms with Gasteiger partial charge in [0.15, 0.2) is 5.16 Å². The van der Waals surface area contributed by atoms with Gasteiger partial charge in [-0.2, -0.15) is 0 Å². The van der Waals surface area contributed by atoms with Gasteiger partial charge in [-0.1, -0.05) is 11.8 Å². The summed E-state index contributed by atoms with van der Waals surface area (Å²) in [5.74, 6) is 0.316. The average molecular weight is 335 g/mol. The van der Waals surface area contributed by atoms with Gasteiger partial charge in [-0.15, -0.1) is 11.3 Å². The van der Waals surface area contributed by atoms with Gasteiger partial charge in [-0.05, 0) is 44.1 Å². The van der Waals surface area contributed by atoms with Gasteiger partial charge < -0.3 is 10.3 Å². The number of carbonyl (C=O) groups is 1. The van der Waals surface area contributed by atoms with E-state index in [1.165, 1.54) is 28.6 Å². The zero-order chi connectivity index (χ0) is 15.1. The molecule has 2 aliphatic carbocycles. The topological polar surface area (TPSA) is 74.8 Å². The van der Waals surface area contributed by atoms with E-state index in [9.17, 15) is 9.59 Å². The number of nitrogens with one attached hydrogen (secondary N) is 2. The van der Waals surface area contributed by atoms with Crippen molar-refractivity contribution in [1.29, 1.82) is 0 Å². The van der Waals surface area contributed by atoms with Gasteiger partial charge in [-0.25, -0.2) is 4.98 Å². The quantitative estimate of drug-likeness (QED) is 0.664. The zero-order valence-electron chi connectivity index (χ0n) is 12.1. The van der Waals surface area contributed by atoms with Crippen molar-refractivity contribution in [2.75, 3.05) is 5.75 Å².